The normalized spacial score (nSPS) is 13.9. The van der Waals surface area contributed by atoms with Gasteiger partial charge in [-0.15, -0.1) is 0 Å². The highest BCUT2D eigenvalue weighted by molar-refractivity contribution is 5.96. The quantitative estimate of drug-likeness (QED) is 0.700. The zero-order valence-electron chi connectivity index (χ0n) is 14.9. The summed E-state index contributed by atoms with van der Waals surface area (Å²) in [7, 11) is 0. The summed E-state index contributed by atoms with van der Waals surface area (Å²) >= 11 is 0. The second kappa shape index (κ2) is 8.44. The van der Waals surface area contributed by atoms with Gasteiger partial charge in [0, 0.05) is 30.5 Å². The number of piperidine rings is 1. The molecule has 7 heteroatoms. The summed E-state index contributed by atoms with van der Waals surface area (Å²) in [6.45, 7) is 1.62. The first-order chi connectivity index (χ1) is 13.0. The predicted molar refractivity (Wildman–Crippen MR) is 101 cm³/mol. The predicted octanol–water partition coefficient (Wildman–Crippen LogP) is 2.88. The third-order valence-corrected chi connectivity index (χ3v) is 4.41. The Morgan fingerprint density at radius 2 is 1.70 bits per heavy atom. The first kappa shape index (κ1) is 18.6. The monoisotopic (exact) mass is 370 g/mol. The van der Waals surface area contributed by atoms with E-state index >= 15 is 0 Å². The molecule has 2 aromatic rings. The number of rotatable bonds is 5. The van der Waals surface area contributed by atoms with Gasteiger partial charge in [0.2, 0.25) is 0 Å². The third-order valence-electron chi connectivity index (χ3n) is 4.41. The molecule has 1 fully saturated rings. The Morgan fingerprint density at radius 1 is 1.00 bits per heavy atom. The molecule has 0 spiro atoms. The number of aromatic hydroxyl groups is 2. The Morgan fingerprint density at radius 3 is 2.37 bits per heavy atom. The van der Waals surface area contributed by atoms with Gasteiger partial charge in [-0.3, -0.25) is 4.79 Å². The summed E-state index contributed by atoms with van der Waals surface area (Å²) in [5.74, 6) is -1.90. The smallest absolute Gasteiger partial charge is 0.342 e. The van der Waals surface area contributed by atoms with E-state index in [1.807, 2.05) is 24.3 Å². The maximum Gasteiger partial charge on any atom is 0.342 e. The summed E-state index contributed by atoms with van der Waals surface area (Å²) in [5, 5.41) is 21.5. The molecule has 3 N–H and O–H groups in total. The lowest BCUT2D eigenvalue weighted by molar-refractivity contribution is -0.119. The number of carbonyl (C=O) groups excluding carboxylic acids is 2. The SMILES string of the molecule is O=C(COC(=O)c1ccc(O)cc1O)Nc1ccc(N2CCCCC2)cc1. The number of phenols is 2. The van der Waals surface area contributed by atoms with Crippen LogP contribution in [-0.4, -0.2) is 41.8 Å². The van der Waals surface area contributed by atoms with Crippen molar-refractivity contribution in [3.63, 3.8) is 0 Å². The number of amides is 1. The minimum atomic E-state index is -0.844. The number of nitrogens with zero attached hydrogens (tertiary/aromatic N) is 1. The Labute approximate surface area is 157 Å². The summed E-state index contributed by atoms with van der Waals surface area (Å²) < 4.78 is 4.90. The Hall–Kier alpha value is -3.22. The Kier molecular flexibility index (Phi) is 5.80. The van der Waals surface area contributed by atoms with Crippen molar-refractivity contribution in [3.05, 3.63) is 48.0 Å². The second-order valence-electron chi connectivity index (χ2n) is 6.42. The first-order valence-electron chi connectivity index (χ1n) is 8.87. The molecule has 1 amide bonds. The number of ether oxygens (including phenoxy) is 1. The average molecular weight is 370 g/mol. The second-order valence-corrected chi connectivity index (χ2v) is 6.42. The lowest BCUT2D eigenvalue weighted by atomic mass is 10.1. The van der Waals surface area contributed by atoms with Gasteiger partial charge >= 0.3 is 5.97 Å². The highest BCUT2D eigenvalue weighted by Gasteiger charge is 2.15. The van der Waals surface area contributed by atoms with Gasteiger partial charge in [0.05, 0.1) is 0 Å². The zero-order valence-corrected chi connectivity index (χ0v) is 14.9. The fourth-order valence-electron chi connectivity index (χ4n) is 3.01. The third kappa shape index (κ3) is 4.91. The van der Waals surface area contributed by atoms with E-state index in [2.05, 4.69) is 10.2 Å². The lowest BCUT2D eigenvalue weighted by Gasteiger charge is -2.28. The molecular formula is C20H22N2O5. The summed E-state index contributed by atoms with van der Waals surface area (Å²) in [6.07, 6.45) is 3.66. The number of hydrogen-bond donors (Lipinski definition) is 3. The van der Waals surface area contributed by atoms with Crippen LogP contribution in [0.4, 0.5) is 11.4 Å². The molecule has 1 saturated heterocycles. The van der Waals surface area contributed by atoms with E-state index in [-0.39, 0.29) is 11.3 Å². The molecule has 1 aliphatic heterocycles. The van der Waals surface area contributed by atoms with Gasteiger partial charge < -0.3 is 25.2 Å². The molecule has 0 atom stereocenters. The lowest BCUT2D eigenvalue weighted by Crippen LogP contribution is -2.29. The van der Waals surface area contributed by atoms with Crippen LogP contribution in [0.3, 0.4) is 0 Å². The molecule has 0 radical (unpaired) electrons. The van der Waals surface area contributed by atoms with Crippen LogP contribution in [0.15, 0.2) is 42.5 Å². The topological polar surface area (TPSA) is 99.1 Å². The molecule has 0 bridgehead atoms. The molecule has 1 aliphatic rings. The van der Waals surface area contributed by atoms with E-state index in [0.717, 1.165) is 24.8 Å². The summed E-state index contributed by atoms with van der Waals surface area (Å²) in [6, 6.07) is 11.1. The standard InChI is InChI=1S/C20H22N2O5/c23-16-8-9-17(18(24)12-16)20(26)27-13-19(25)21-14-4-6-15(7-5-14)22-10-2-1-3-11-22/h4-9,12,23-24H,1-3,10-11,13H2,(H,21,25). The minimum Gasteiger partial charge on any atom is -0.508 e. The fraction of sp³-hybridized carbons (Fsp3) is 0.300. The van der Waals surface area contributed by atoms with Gasteiger partial charge in [0.1, 0.15) is 17.1 Å². The first-order valence-corrected chi connectivity index (χ1v) is 8.87. The van der Waals surface area contributed by atoms with Crippen molar-refractivity contribution in [2.24, 2.45) is 0 Å². The molecule has 1 heterocycles. The zero-order chi connectivity index (χ0) is 19.2. The van der Waals surface area contributed by atoms with Crippen molar-refractivity contribution in [2.45, 2.75) is 19.3 Å². The summed E-state index contributed by atoms with van der Waals surface area (Å²) in [5.41, 5.74) is 1.62. The Bertz CT molecular complexity index is 814. The van der Waals surface area contributed by atoms with Crippen molar-refractivity contribution in [3.8, 4) is 11.5 Å². The van der Waals surface area contributed by atoms with Gasteiger partial charge in [0.25, 0.3) is 5.91 Å². The Balaban J connectivity index is 1.50. The van der Waals surface area contributed by atoms with Gasteiger partial charge in [-0.2, -0.15) is 0 Å². The van der Waals surface area contributed by atoms with E-state index in [1.165, 1.54) is 31.4 Å². The largest absolute Gasteiger partial charge is 0.508 e. The average Bonchev–Trinajstić information content (AvgIpc) is 2.67. The highest BCUT2D eigenvalue weighted by atomic mass is 16.5. The van der Waals surface area contributed by atoms with Gasteiger partial charge in [0.15, 0.2) is 6.61 Å². The highest BCUT2D eigenvalue weighted by Crippen LogP contribution is 2.23. The fourth-order valence-corrected chi connectivity index (χ4v) is 3.01. The van der Waals surface area contributed by atoms with E-state index in [9.17, 15) is 19.8 Å². The number of esters is 1. The number of benzene rings is 2. The molecule has 3 rings (SSSR count). The van der Waals surface area contributed by atoms with Crippen LogP contribution in [0, 0.1) is 0 Å². The number of anilines is 2. The number of nitrogens with one attached hydrogen (secondary N) is 1. The van der Waals surface area contributed by atoms with E-state index in [1.54, 1.807) is 0 Å². The van der Waals surface area contributed by atoms with E-state index < -0.39 is 24.2 Å². The molecule has 0 aliphatic carbocycles. The van der Waals surface area contributed by atoms with Crippen molar-refractivity contribution < 1.29 is 24.5 Å². The van der Waals surface area contributed by atoms with Crippen molar-refractivity contribution in [1.82, 2.24) is 0 Å². The molecule has 2 aromatic carbocycles. The van der Waals surface area contributed by atoms with Crippen molar-refractivity contribution in [1.29, 1.82) is 0 Å². The molecule has 0 aromatic heterocycles. The van der Waals surface area contributed by atoms with E-state index in [0.29, 0.717) is 5.69 Å². The van der Waals surface area contributed by atoms with Gasteiger partial charge in [-0.25, -0.2) is 4.79 Å². The molecule has 0 unspecified atom stereocenters. The number of hydrogen-bond acceptors (Lipinski definition) is 6. The van der Waals surface area contributed by atoms with Crippen molar-refractivity contribution >= 4 is 23.3 Å². The van der Waals surface area contributed by atoms with Gasteiger partial charge in [-0.05, 0) is 55.7 Å². The molecule has 142 valence electrons. The maximum absolute atomic E-state index is 12.0. The van der Waals surface area contributed by atoms with Crippen LogP contribution < -0.4 is 10.2 Å². The van der Waals surface area contributed by atoms with Crippen LogP contribution in [0.1, 0.15) is 29.6 Å². The minimum absolute atomic E-state index is 0.119. The maximum atomic E-state index is 12.0. The van der Waals surface area contributed by atoms with Crippen LogP contribution >= 0.6 is 0 Å². The van der Waals surface area contributed by atoms with Crippen LogP contribution in [0.5, 0.6) is 11.5 Å². The number of carbonyl (C=O) groups is 2. The molecular weight excluding hydrogens is 348 g/mol. The molecule has 0 saturated carbocycles. The molecule has 7 nitrogen and oxygen atoms in total. The van der Waals surface area contributed by atoms with Crippen LogP contribution in [0.2, 0.25) is 0 Å². The van der Waals surface area contributed by atoms with Crippen LogP contribution in [-0.2, 0) is 9.53 Å². The van der Waals surface area contributed by atoms with E-state index in [4.69, 9.17) is 4.74 Å². The van der Waals surface area contributed by atoms with Crippen molar-refractivity contribution in [2.75, 3.05) is 29.9 Å². The number of phenolic OH excluding ortho intramolecular Hbond substituents is 2. The van der Waals surface area contributed by atoms with Crippen LogP contribution in [0.25, 0.3) is 0 Å². The summed E-state index contributed by atoms with van der Waals surface area (Å²) in [4.78, 5) is 26.2. The molecule has 27 heavy (non-hydrogen) atoms. The van der Waals surface area contributed by atoms with Gasteiger partial charge in [-0.1, -0.05) is 0 Å².